The van der Waals surface area contributed by atoms with Gasteiger partial charge in [-0.3, -0.25) is 0 Å². The van der Waals surface area contributed by atoms with Crippen LogP contribution >= 0.6 is 46.4 Å². The second-order valence-corrected chi connectivity index (χ2v) is 5.62. The zero-order chi connectivity index (χ0) is 14.2. The van der Waals surface area contributed by atoms with Crippen LogP contribution < -0.4 is 11.5 Å². The van der Waals surface area contributed by atoms with Crippen molar-refractivity contribution < 1.29 is 0 Å². The van der Waals surface area contributed by atoms with Gasteiger partial charge in [0.2, 0.25) is 0 Å². The van der Waals surface area contributed by atoms with Gasteiger partial charge in [-0.05, 0) is 11.6 Å². The highest BCUT2D eigenvalue weighted by molar-refractivity contribution is 6.52. The maximum atomic E-state index is 6.18. The molecule has 0 aliphatic heterocycles. The van der Waals surface area contributed by atoms with Crippen LogP contribution in [0.3, 0.4) is 0 Å². The second kappa shape index (κ2) is 5.49. The van der Waals surface area contributed by atoms with Gasteiger partial charge in [0.05, 0.1) is 20.1 Å². The molecule has 2 aromatic rings. The molecule has 4 N–H and O–H groups in total. The largest absolute Gasteiger partial charge is 0.306 e. The van der Waals surface area contributed by atoms with Crippen molar-refractivity contribution in [1.29, 1.82) is 0 Å². The normalized spacial score (nSPS) is 11.7. The Morgan fingerprint density at radius 2 is 1.37 bits per heavy atom. The topological polar surface area (TPSA) is 52.0 Å². The fourth-order valence-corrected chi connectivity index (χ4v) is 2.70. The highest BCUT2D eigenvalue weighted by atomic mass is 35.5. The molecular formula is C13H10Cl4N2. The van der Waals surface area contributed by atoms with Crippen LogP contribution in [0.5, 0.6) is 0 Å². The Kier molecular flexibility index (Phi) is 4.31. The molecular weight excluding hydrogens is 326 g/mol. The summed E-state index contributed by atoms with van der Waals surface area (Å²) in [6, 6.07) is 10.7. The maximum absolute atomic E-state index is 6.18. The molecule has 0 saturated carbocycles. The van der Waals surface area contributed by atoms with Crippen LogP contribution in [0.4, 0.5) is 0 Å². The van der Waals surface area contributed by atoms with E-state index in [0.29, 0.717) is 11.1 Å². The zero-order valence-corrected chi connectivity index (χ0v) is 12.7. The van der Waals surface area contributed by atoms with Crippen molar-refractivity contribution in [2.24, 2.45) is 11.5 Å². The second-order valence-electron chi connectivity index (χ2n) is 4.08. The van der Waals surface area contributed by atoms with Gasteiger partial charge in [0.25, 0.3) is 0 Å². The summed E-state index contributed by atoms with van der Waals surface area (Å²) in [7, 11) is 0. The zero-order valence-electron chi connectivity index (χ0n) is 9.63. The highest BCUT2D eigenvalue weighted by Gasteiger charge is 2.29. The quantitative estimate of drug-likeness (QED) is 0.485. The minimum atomic E-state index is -1.31. The predicted molar refractivity (Wildman–Crippen MR) is 82.1 cm³/mol. The fraction of sp³-hybridized carbons (Fsp3) is 0.0769. The minimum Gasteiger partial charge on any atom is -0.306 e. The molecule has 0 aliphatic rings. The van der Waals surface area contributed by atoms with Gasteiger partial charge in [0.15, 0.2) is 0 Å². The van der Waals surface area contributed by atoms with E-state index in [1.165, 1.54) is 6.07 Å². The first-order valence-corrected chi connectivity index (χ1v) is 6.83. The smallest absolute Gasteiger partial charge is 0.118 e. The van der Waals surface area contributed by atoms with Crippen molar-refractivity contribution in [3.63, 3.8) is 0 Å². The average Bonchev–Trinajstić information content (AvgIpc) is 2.41. The molecule has 0 heterocycles. The Morgan fingerprint density at radius 3 is 1.95 bits per heavy atom. The van der Waals surface area contributed by atoms with Crippen molar-refractivity contribution >= 4 is 46.4 Å². The van der Waals surface area contributed by atoms with Crippen molar-refractivity contribution in [2.75, 3.05) is 0 Å². The summed E-state index contributed by atoms with van der Waals surface area (Å²) in [5.74, 6) is 0. The Morgan fingerprint density at radius 1 is 0.789 bits per heavy atom. The van der Waals surface area contributed by atoms with E-state index in [1.54, 1.807) is 12.1 Å². The van der Waals surface area contributed by atoms with Crippen LogP contribution in [-0.4, -0.2) is 0 Å². The van der Waals surface area contributed by atoms with E-state index in [9.17, 15) is 0 Å². The molecule has 0 spiro atoms. The number of halogens is 4. The summed E-state index contributed by atoms with van der Waals surface area (Å²) in [6.07, 6.45) is 0. The summed E-state index contributed by atoms with van der Waals surface area (Å²) in [4.78, 5) is 0. The van der Waals surface area contributed by atoms with Gasteiger partial charge in [-0.1, -0.05) is 76.7 Å². The van der Waals surface area contributed by atoms with Gasteiger partial charge in [0.1, 0.15) is 5.66 Å². The third kappa shape index (κ3) is 2.70. The van der Waals surface area contributed by atoms with Gasteiger partial charge in [-0.15, -0.1) is 0 Å². The van der Waals surface area contributed by atoms with Gasteiger partial charge in [-0.25, -0.2) is 0 Å². The Hall–Kier alpha value is -0.480. The molecule has 0 radical (unpaired) electrons. The first-order chi connectivity index (χ1) is 8.85. The van der Waals surface area contributed by atoms with Crippen molar-refractivity contribution in [1.82, 2.24) is 0 Å². The van der Waals surface area contributed by atoms with Crippen molar-refractivity contribution in [2.45, 2.75) is 5.66 Å². The number of rotatable bonds is 2. The van der Waals surface area contributed by atoms with Crippen LogP contribution in [0.15, 0.2) is 36.4 Å². The Balaban J connectivity index is 2.65. The monoisotopic (exact) mass is 334 g/mol. The minimum absolute atomic E-state index is 0.141. The molecule has 0 saturated heterocycles. The molecule has 0 amide bonds. The highest BCUT2D eigenvalue weighted by Crippen LogP contribution is 2.41. The van der Waals surface area contributed by atoms with E-state index in [-0.39, 0.29) is 20.1 Å². The van der Waals surface area contributed by atoms with Crippen LogP contribution in [0.1, 0.15) is 11.1 Å². The van der Waals surface area contributed by atoms with E-state index in [4.69, 9.17) is 57.9 Å². The third-order valence-electron chi connectivity index (χ3n) is 2.80. The summed E-state index contributed by atoms with van der Waals surface area (Å²) >= 11 is 24.1. The lowest BCUT2D eigenvalue weighted by atomic mass is 9.93. The Labute approximate surface area is 131 Å². The molecule has 6 heteroatoms. The molecule has 2 nitrogen and oxygen atoms in total. The predicted octanol–water partition coefficient (Wildman–Crippen LogP) is 4.42. The lowest BCUT2D eigenvalue weighted by Crippen LogP contribution is -2.47. The van der Waals surface area contributed by atoms with Gasteiger partial charge in [-0.2, -0.15) is 0 Å². The molecule has 0 aliphatic carbocycles. The van der Waals surface area contributed by atoms with Crippen molar-refractivity contribution in [3.05, 3.63) is 67.6 Å². The van der Waals surface area contributed by atoms with Gasteiger partial charge in [0, 0.05) is 5.56 Å². The first kappa shape index (κ1) is 14.9. The van der Waals surface area contributed by atoms with E-state index in [1.807, 2.05) is 18.2 Å². The van der Waals surface area contributed by atoms with Crippen LogP contribution in [0.2, 0.25) is 20.1 Å². The average molecular weight is 336 g/mol. The lowest BCUT2D eigenvalue weighted by molar-refractivity contribution is 0.568. The summed E-state index contributed by atoms with van der Waals surface area (Å²) < 4.78 is 0. The molecule has 0 unspecified atom stereocenters. The molecule has 0 fully saturated rings. The number of hydrogen-bond acceptors (Lipinski definition) is 2. The van der Waals surface area contributed by atoms with E-state index in [0.717, 1.165) is 0 Å². The molecule has 2 aromatic carbocycles. The first-order valence-electron chi connectivity index (χ1n) is 5.32. The van der Waals surface area contributed by atoms with Gasteiger partial charge >= 0.3 is 0 Å². The molecule has 0 aromatic heterocycles. The number of nitrogens with two attached hydrogens (primary N) is 2. The maximum Gasteiger partial charge on any atom is 0.118 e. The summed E-state index contributed by atoms with van der Waals surface area (Å²) in [5, 5.41) is 0.773. The SMILES string of the molecule is NC(N)(c1ccccc1)c1cc(Cl)c(Cl)c(Cl)c1Cl. The van der Waals surface area contributed by atoms with E-state index < -0.39 is 5.66 Å². The van der Waals surface area contributed by atoms with Crippen LogP contribution in [0.25, 0.3) is 0 Å². The summed E-state index contributed by atoms with van der Waals surface area (Å²) in [6.45, 7) is 0. The Bertz CT molecular complexity index is 612. The molecule has 19 heavy (non-hydrogen) atoms. The van der Waals surface area contributed by atoms with Crippen LogP contribution in [-0.2, 0) is 5.66 Å². The third-order valence-corrected chi connectivity index (χ3v) is 4.55. The number of benzene rings is 2. The molecule has 2 rings (SSSR count). The standard InChI is InChI=1S/C13H10Cl4N2/c14-9-6-8(10(15)12(17)11(9)16)13(18,19)7-4-2-1-3-5-7/h1-6H,18-19H2. The number of hydrogen-bond donors (Lipinski definition) is 2. The summed E-state index contributed by atoms with van der Waals surface area (Å²) in [5.41, 5.74) is 12.2. The van der Waals surface area contributed by atoms with E-state index >= 15 is 0 Å². The lowest BCUT2D eigenvalue weighted by Gasteiger charge is -2.27. The van der Waals surface area contributed by atoms with E-state index in [2.05, 4.69) is 0 Å². The van der Waals surface area contributed by atoms with Crippen molar-refractivity contribution in [3.8, 4) is 0 Å². The molecule has 0 atom stereocenters. The molecule has 0 bridgehead atoms. The van der Waals surface area contributed by atoms with Crippen LogP contribution in [0, 0.1) is 0 Å². The molecule has 100 valence electrons. The van der Waals surface area contributed by atoms with Gasteiger partial charge < -0.3 is 11.5 Å². The fourth-order valence-electron chi connectivity index (χ4n) is 1.74.